The average Bonchev–Trinajstić information content (AvgIpc) is 2.57. The Kier molecular flexibility index (Phi) is 5.15. The molecule has 0 atom stereocenters. The average molecular weight is 287 g/mol. The van der Waals surface area contributed by atoms with E-state index in [0.717, 1.165) is 0 Å². The maximum absolute atomic E-state index is 12.3. The molecule has 0 aromatic carbocycles. The van der Waals surface area contributed by atoms with E-state index in [1.807, 2.05) is 0 Å². The van der Waals surface area contributed by atoms with Gasteiger partial charge >= 0.3 is 0 Å². The van der Waals surface area contributed by atoms with Crippen LogP contribution in [0.25, 0.3) is 0 Å². The summed E-state index contributed by atoms with van der Waals surface area (Å²) in [6, 6.07) is 0. The molecule has 0 fully saturated rings. The number of hydrogen-bond acceptors (Lipinski definition) is 3. The van der Waals surface area contributed by atoms with Gasteiger partial charge in [0, 0.05) is 6.54 Å². The lowest BCUT2D eigenvalue weighted by atomic mass is 9.86. The van der Waals surface area contributed by atoms with Crippen LogP contribution in [0.1, 0.15) is 39.1 Å². The number of nitrogens with zero attached hydrogens (tertiary/aromatic N) is 1. The molecule has 110 valence electrons. The molecular weight excluding hydrogens is 262 g/mol. The SMILES string of the molecule is Cc1n[nH]c(C)c1S(=O)(=O)NCC(C(C)C)C(C)C. The van der Waals surface area contributed by atoms with Crippen molar-refractivity contribution in [1.82, 2.24) is 14.9 Å². The highest BCUT2D eigenvalue weighted by molar-refractivity contribution is 7.89. The predicted molar refractivity (Wildman–Crippen MR) is 76.4 cm³/mol. The highest BCUT2D eigenvalue weighted by atomic mass is 32.2. The minimum atomic E-state index is -3.48. The lowest BCUT2D eigenvalue weighted by Gasteiger charge is -2.25. The third kappa shape index (κ3) is 3.79. The number of rotatable bonds is 6. The molecule has 1 aromatic rings. The molecule has 0 bridgehead atoms. The van der Waals surface area contributed by atoms with E-state index in [4.69, 9.17) is 0 Å². The van der Waals surface area contributed by atoms with Crippen molar-refractivity contribution in [2.24, 2.45) is 17.8 Å². The number of nitrogens with one attached hydrogen (secondary N) is 2. The Balaban J connectivity index is 2.87. The topological polar surface area (TPSA) is 74.8 Å². The molecule has 0 aliphatic carbocycles. The zero-order valence-electron chi connectivity index (χ0n) is 12.6. The van der Waals surface area contributed by atoms with Crippen LogP contribution in [0.5, 0.6) is 0 Å². The smallest absolute Gasteiger partial charge is 0.244 e. The van der Waals surface area contributed by atoms with Crippen LogP contribution in [0.4, 0.5) is 0 Å². The first-order valence-corrected chi connectivity index (χ1v) is 8.16. The van der Waals surface area contributed by atoms with Crippen LogP contribution in [0.15, 0.2) is 4.90 Å². The van der Waals surface area contributed by atoms with Gasteiger partial charge in [-0.15, -0.1) is 0 Å². The molecule has 2 N–H and O–H groups in total. The minimum absolute atomic E-state index is 0.277. The summed E-state index contributed by atoms with van der Waals surface area (Å²) in [6.45, 7) is 12.3. The Morgan fingerprint density at radius 1 is 1.16 bits per heavy atom. The normalized spacial score (nSPS) is 12.9. The van der Waals surface area contributed by atoms with Crippen LogP contribution in [0.2, 0.25) is 0 Å². The van der Waals surface area contributed by atoms with Gasteiger partial charge in [-0.05, 0) is 31.6 Å². The lowest BCUT2D eigenvalue weighted by molar-refractivity contribution is 0.289. The number of aryl methyl sites for hydroxylation is 2. The van der Waals surface area contributed by atoms with Crippen molar-refractivity contribution in [2.45, 2.75) is 46.4 Å². The molecule has 1 aromatic heterocycles. The largest absolute Gasteiger partial charge is 0.281 e. The number of hydrogen-bond donors (Lipinski definition) is 2. The van der Waals surface area contributed by atoms with Crippen molar-refractivity contribution in [3.63, 3.8) is 0 Å². The van der Waals surface area contributed by atoms with Crippen molar-refractivity contribution in [3.8, 4) is 0 Å². The number of sulfonamides is 1. The maximum atomic E-state index is 12.3. The first-order valence-electron chi connectivity index (χ1n) is 6.68. The van der Waals surface area contributed by atoms with Gasteiger partial charge in [0.15, 0.2) is 0 Å². The summed E-state index contributed by atoms with van der Waals surface area (Å²) in [6.07, 6.45) is 0. The van der Waals surface area contributed by atoms with E-state index in [9.17, 15) is 8.42 Å². The first kappa shape index (κ1) is 16.2. The number of H-pyrrole nitrogens is 1. The van der Waals surface area contributed by atoms with E-state index in [1.165, 1.54) is 0 Å². The van der Waals surface area contributed by atoms with Crippen LogP contribution in [0.3, 0.4) is 0 Å². The molecule has 1 heterocycles. The molecule has 0 spiro atoms. The Hall–Kier alpha value is -0.880. The lowest BCUT2D eigenvalue weighted by Crippen LogP contribution is -2.34. The molecular formula is C13H25N3O2S. The fraction of sp³-hybridized carbons (Fsp3) is 0.769. The van der Waals surface area contributed by atoms with Gasteiger partial charge in [0.1, 0.15) is 4.90 Å². The summed E-state index contributed by atoms with van der Waals surface area (Å²) in [4.78, 5) is 0.277. The van der Waals surface area contributed by atoms with Crippen molar-refractivity contribution in [1.29, 1.82) is 0 Å². The van der Waals surface area contributed by atoms with Gasteiger partial charge in [0.2, 0.25) is 10.0 Å². The number of aromatic nitrogens is 2. The molecule has 6 heteroatoms. The standard InChI is InChI=1S/C13H25N3O2S/c1-8(2)12(9(3)4)7-14-19(17,18)13-10(5)15-16-11(13)6/h8-9,12,14H,7H2,1-6H3,(H,15,16). The summed E-state index contributed by atoms with van der Waals surface area (Å²) in [5.74, 6) is 1.20. The Morgan fingerprint density at radius 2 is 1.68 bits per heavy atom. The highest BCUT2D eigenvalue weighted by Crippen LogP contribution is 2.21. The molecule has 0 aliphatic heterocycles. The summed E-state index contributed by atoms with van der Waals surface area (Å²) < 4.78 is 27.3. The second-order valence-electron chi connectivity index (χ2n) is 5.77. The molecule has 0 saturated heterocycles. The van der Waals surface area contributed by atoms with Crippen molar-refractivity contribution in [2.75, 3.05) is 6.54 Å². The molecule has 1 rings (SSSR count). The fourth-order valence-corrected chi connectivity index (χ4v) is 3.90. The quantitative estimate of drug-likeness (QED) is 0.842. The Bertz CT molecular complexity index is 490. The minimum Gasteiger partial charge on any atom is -0.281 e. The zero-order chi connectivity index (χ0) is 14.8. The van der Waals surface area contributed by atoms with Gasteiger partial charge in [-0.25, -0.2) is 13.1 Å². The van der Waals surface area contributed by atoms with Crippen molar-refractivity contribution >= 4 is 10.0 Å². The Morgan fingerprint density at radius 3 is 2.05 bits per heavy atom. The van der Waals surface area contributed by atoms with E-state index in [1.54, 1.807) is 13.8 Å². The van der Waals surface area contributed by atoms with Gasteiger partial charge in [0.05, 0.1) is 11.4 Å². The summed E-state index contributed by atoms with van der Waals surface area (Å²) in [5.41, 5.74) is 1.09. The second-order valence-corrected chi connectivity index (χ2v) is 7.47. The van der Waals surface area contributed by atoms with Crippen LogP contribution in [-0.2, 0) is 10.0 Å². The molecule has 0 radical (unpaired) electrons. The van der Waals surface area contributed by atoms with E-state index in [-0.39, 0.29) is 4.90 Å². The van der Waals surface area contributed by atoms with Gasteiger partial charge in [0.25, 0.3) is 0 Å². The molecule has 0 amide bonds. The van der Waals surface area contributed by atoms with Crippen molar-refractivity contribution < 1.29 is 8.42 Å². The second kappa shape index (κ2) is 6.05. The van der Waals surface area contributed by atoms with Crippen molar-refractivity contribution in [3.05, 3.63) is 11.4 Å². The number of aromatic amines is 1. The van der Waals surface area contributed by atoms with E-state index in [0.29, 0.717) is 35.7 Å². The van der Waals surface area contributed by atoms with Gasteiger partial charge < -0.3 is 0 Å². The van der Waals surface area contributed by atoms with Crippen LogP contribution in [0, 0.1) is 31.6 Å². The molecule has 19 heavy (non-hydrogen) atoms. The monoisotopic (exact) mass is 287 g/mol. The van der Waals surface area contributed by atoms with Gasteiger partial charge in [-0.3, -0.25) is 5.10 Å². The van der Waals surface area contributed by atoms with Crippen LogP contribution < -0.4 is 4.72 Å². The fourth-order valence-electron chi connectivity index (χ4n) is 2.46. The Labute approximate surface area is 116 Å². The van der Waals surface area contributed by atoms with Crippen LogP contribution >= 0.6 is 0 Å². The van der Waals surface area contributed by atoms with E-state index in [2.05, 4.69) is 42.6 Å². The van der Waals surface area contributed by atoms with Gasteiger partial charge in [-0.1, -0.05) is 27.7 Å². The zero-order valence-corrected chi connectivity index (χ0v) is 13.4. The molecule has 0 unspecified atom stereocenters. The first-order chi connectivity index (χ1) is 8.66. The molecule has 0 saturated carbocycles. The maximum Gasteiger partial charge on any atom is 0.244 e. The third-order valence-corrected chi connectivity index (χ3v) is 5.24. The third-order valence-electron chi connectivity index (χ3n) is 3.55. The van der Waals surface area contributed by atoms with E-state index < -0.39 is 10.0 Å². The van der Waals surface area contributed by atoms with Gasteiger partial charge in [-0.2, -0.15) is 5.10 Å². The summed E-state index contributed by atoms with van der Waals surface area (Å²) >= 11 is 0. The highest BCUT2D eigenvalue weighted by Gasteiger charge is 2.25. The summed E-state index contributed by atoms with van der Waals surface area (Å²) in [5, 5.41) is 6.64. The van der Waals surface area contributed by atoms with E-state index >= 15 is 0 Å². The molecule has 5 nitrogen and oxygen atoms in total. The van der Waals surface area contributed by atoms with Crippen LogP contribution in [-0.4, -0.2) is 25.2 Å². The summed E-state index contributed by atoms with van der Waals surface area (Å²) in [7, 11) is -3.48. The molecule has 0 aliphatic rings. The predicted octanol–water partition coefficient (Wildman–Crippen LogP) is 2.23.